The fourth-order valence-corrected chi connectivity index (χ4v) is 2.98. The van der Waals surface area contributed by atoms with Crippen molar-refractivity contribution in [3.05, 3.63) is 63.9 Å². The summed E-state index contributed by atoms with van der Waals surface area (Å²) in [6.07, 6.45) is 3.51. The number of benzene rings is 1. The highest BCUT2D eigenvalue weighted by atomic mass is 35.5. The number of pyridine rings is 1. The van der Waals surface area contributed by atoms with Crippen LogP contribution in [0.3, 0.4) is 0 Å². The van der Waals surface area contributed by atoms with Crippen molar-refractivity contribution in [3.63, 3.8) is 0 Å². The highest BCUT2D eigenvalue weighted by Crippen LogP contribution is 2.42. The maximum absolute atomic E-state index is 6.51. The molecule has 0 bridgehead atoms. The predicted octanol–water partition coefficient (Wildman–Crippen LogP) is 5.47. The monoisotopic (exact) mass is 299 g/mol. The molecule has 18 heavy (non-hydrogen) atoms. The van der Waals surface area contributed by atoms with Gasteiger partial charge < -0.3 is 0 Å². The molecule has 0 aliphatic rings. The smallest absolute Gasteiger partial charge is 0.0680 e. The van der Waals surface area contributed by atoms with Crippen LogP contribution >= 0.6 is 34.8 Å². The third-order valence-electron chi connectivity index (χ3n) is 2.95. The Morgan fingerprint density at radius 1 is 1.00 bits per heavy atom. The third kappa shape index (κ3) is 2.80. The van der Waals surface area contributed by atoms with Gasteiger partial charge >= 0.3 is 0 Å². The number of aromatic nitrogens is 1. The van der Waals surface area contributed by atoms with Crippen molar-refractivity contribution in [3.8, 4) is 0 Å². The number of alkyl halides is 1. The van der Waals surface area contributed by atoms with Gasteiger partial charge in [0.25, 0.3) is 0 Å². The summed E-state index contributed by atoms with van der Waals surface area (Å²) in [6.45, 7) is 2.05. The van der Waals surface area contributed by atoms with Crippen LogP contribution in [0.15, 0.2) is 42.7 Å². The Bertz CT molecular complexity index is 508. The Morgan fingerprint density at radius 2 is 1.56 bits per heavy atom. The van der Waals surface area contributed by atoms with Crippen molar-refractivity contribution >= 4 is 34.8 Å². The standard InChI is InChI=1S/C14H12Cl3N/c1-9(10-5-7-18-8-6-10)14(17)13-11(15)3-2-4-12(13)16/h2-9,14H,1H3. The van der Waals surface area contributed by atoms with Crippen molar-refractivity contribution in [1.29, 1.82) is 0 Å². The predicted molar refractivity (Wildman–Crippen MR) is 77.7 cm³/mol. The zero-order chi connectivity index (χ0) is 13.1. The molecule has 1 nitrogen and oxygen atoms in total. The fraction of sp³-hybridized carbons (Fsp3) is 0.214. The topological polar surface area (TPSA) is 12.9 Å². The molecule has 0 N–H and O–H groups in total. The molecule has 4 heteroatoms. The molecule has 94 valence electrons. The Balaban J connectivity index is 2.34. The first-order valence-electron chi connectivity index (χ1n) is 5.59. The summed E-state index contributed by atoms with van der Waals surface area (Å²) in [5, 5.41) is 0.931. The summed E-state index contributed by atoms with van der Waals surface area (Å²) < 4.78 is 0. The molecule has 0 saturated carbocycles. The van der Waals surface area contributed by atoms with E-state index < -0.39 is 0 Å². The van der Waals surface area contributed by atoms with E-state index in [1.54, 1.807) is 24.5 Å². The Kier molecular flexibility index (Phi) is 4.50. The summed E-state index contributed by atoms with van der Waals surface area (Å²) in [6, 6.07) is 9.32. The number of nitrogens with zero attached hydrogens (tertiary/aromatic N) is 1. The average Bonchev–Trinajstić information content (AvgIpc) is 2.38. The van der Waals surface area contributed by atoms with Crippen LogP contribution in [0.1, 0.15) is 29.3 Å². The van der Waals surface area contributed by atoms with E-state index in [0.717, 1.165) is 11.1 Å². The lowest BCUT2D eigenvalue weighted by Crippen LogP contribution is -2.04. The van der Waals surface area contributed by atoms with Gasteiger partial charge in [-0.05, 0) is 29.8 Å². The van der Waals surface area contributed by atoms with E-state index in [9.17, 15) is 0 Å². The van der Waals surface area contributed by atoms with Crippen LogP contribution in [0.25, 0.3) is 0 Å². The summed E-state index contributed by atoms with van der Waals surface area (Å²) in [4.78, 5) is 4.00. The molecule has 2 unspecified atom stereocenters. The van der Waals surface area contributed by atoms with Crippen molar-refractivity contribution in [2.75, 3.05) is 0 Å². The van der Waals surface area contributed by atoms with Gasteiger partial charge in [-0.15, -0.1) is 11.6 Å². The zero-order valence-corrected chi connectivity index (χ0v) is 12.0. The quantitative estimate of drug-likeness (QED) is 0.685. The van der Waals surface area contributed by atoms with Crippen molar-refractivity contribution in [2.24, 2.45) is 0 Å². The Morgan fingerprint density at radius 3 is 2.11 bits per heavy atom. The van der Waals surface area contributed by atoms with Crippen LogP contribution in [0.4, 0.5) is 0 Å². The molecule has 1 heterocycles. The number of hydrogen-bond donors (Lipinski definition) is 0. The van der Waals surface area contributed by atoms with Gasteiger partial charge in [0.05, 0.1) is 5.38 Å². The largest absolute Gasteiger partial charge is 0.265 e. The van der Waals surface area contributed by atoms with Crippen LogP contribution in [-0.4, -0.2) is 4.98 Å². The summed E-state index contributed by atoms with van der Waals surface area (Å²) in [5.74, 6) is 0.104. The Hall–Kier alpha value is -0.760. The second-order valence-electron chi connectivity index (χ2n) is 4.11. The highest BCUT2D eigenvalue weighted by molar-refractivity contribution is 6.37. The van der Waals surface area contributed by atoms with Gasteiger partial charge in [0.2, 0.25) is 0 Å². The molecule has 0 amide bonds. The summed E-state index contributed by atoms with van der Waals surface area (Å²) in [7, 11) is 0. The van der Waals surface area contributed by atoms with Crippen molar-refractivity contribution in [1.82, 2.24) is 4.98 Å². The zero-order valence-electron chi connectivity index (χ0n) is 9.78. The summed E-state index contributed by atoms with van der Waals surface area (Å²) in [5.41, 5.74) is 1.90. The minimum absolute atomic E-state index is 0.104. The molecular weight excluding hydrogens is 289 g/mol. The van der Waals surface area contributed by atoms with Crippen LogP contribution in [0.5, 0.6) is 0 Å². The van der Waals surface area contributed by atoms with E-state index in [1.807, 2.05) is 25.1 Å². The second-order valence-corrected chi connectivity index (χ2v) is 5.39. The molecule has 0 fully saturated rings. The SMILES string of the molecule is CC(c1ccncc1)C(Cl)c1c(Cl)cccc1Cl. The normalized spacial score (nSPS) is 14.2. The molecule has 0 aliphatic heterocycles. The van der Waals surface area contributed by atoms with Gasteiger partial charge in [-0.3, -0.25) is 4.98 Å². The molecule has 1 aromatic carbocycles. The van der Waals surface area contributed by atoms with E-state index in [-0.39, 0.29) is 11.3 Å². The van der Waals surface area contributed by atoms with E-state index in [4.69, 9.17) is 34.8 Å². The van der Waals surface area contributed by atoms with Gasteiger partial charge in [-0.25, -0.2) is 0 Å². The van der Waals surface area contributed by atoms with Crippen LogP contribution in [0.2, 0.25) is 10.0 Å². The Labute approximate surface area is 122 Å². The van der Waals surface area contributed by atoms with Crippen LogP contribution in [-0.2, 0) is 0 Å². The molecule has 2 rings (SSSR count). The molecule has 0 aliphatic carbocycles. The van der Waals surface area contributed by atoms with Crippen molar-refractivity contribution in [2.45, 2.75) is 18.2 Å². The fourth-order valence-electron chi connectivity index (χ4n) is 1.86. The molecule has 1 aromatic heterocycles. The van der Waals surface area contributed by atoms with E-state index in [2.05, 4.69) is 4.98 Å². The lowest BCUT2D eigenvalue weighted by atomic mass is 9.94. The minimum atomic E-state index is -0.270. The number of hydrogen-bond acceptors (Lipinski definition) is 1. The van der Waals surface area contributed by atoms with Gasteiger partial charge in [-0.2, -0.15) is 0 Å². The van der Waals surface area contributed by atoms with Crippen molar-refractivity contribution < 1.29 is 0 Å². The van der Waals surface area contributed by atoms with Gasteiger partial charge in [0.15, 0.2) is 0 Å². The maximum atomic E-state index is 6.51. The van der Waals surface area contributed by atoms with Gasteiger partial charge in [0, 0.05) is 33.9 Å². The second kappa shape index (κ2) is 5.92. The minimum Gasteiger partial charge on any atom is -0.265 e. The molecule has 0 radical (unpaired) electrons. The lowest BCUT2D eigenvalue weighted by Gasteiger charge is -2.20. The lowest BCUT2D eigenvalue weighted by molar-refractivity contribution is 0.731. The van der Waals surface area contributed by atoms with E-state index in [0.29, 0.717) is 10.0 Å². The van der Waals surface area contributed by atoms with Crippen LogP contribution < -0.4 is 0 Å². The van der Waals surface area contributed by atoms with E-state index in [1.165, 1.54) is 0 Å². The van der Waals surface area contributed by atoms with Crippen LogP contribution in [0, 0.1) is 0 Å². The third-order valence-corrected chi connectivity index (χ3v) is 4.20. The van der Waals surface area contributed by atoms with Gasteiger partial charge in [0.1, 0.15) is 0 Å². The molecule has 0 spiro atoms. The molecule has 2 atom stereocenters. The molecular formula is C14H12Cl3N. The van der Waals surface area contributed by atoms with E-state index >= 15 is 0 Å². The number of rotatable bonds is 3. The average molecular weight is 301 g/mol. The first kappa shape index (κ1) is 13.7. The first-order chi connectivity index (χ1) is 8.61. The van der Waals surface area contributed by atoms with Gasteiger partial charge in [-0.1, -0.05) is 36.2 Å². The molecule has 0 saturated heterocycles. The summed E-state index contributed by atoms with van der Waals surface area (Å²) >= 11 is 18.9. The first-order valence-corrected chi connectivity index (χ1v) is 6.78. The molecule has 2 aromatic rings. The number of halogens is 3. The highest BCUT2D eigenvalue weighted by Gasteiger charge is 2.22. The maximum Gasteiger partial charge on any atom is 0.0680 e.